The van der Waals surface area contributed by atoms with Gasteiger partial charge in [-0.1, -0.05) is 38.0 Å². The van der Waals surface area contributed by atoms with Gasteiger partial charge in [0.15, 0.2) is 0 Å². The maximum atomic E-state index is 12.5. The first-order valence-electron chi connectivity index (χ1n) is 10.8. The van der Waals surface area contributed by atoms with Gasteiger partial charge < -0.3 is 10.2 Å². The third-order valence-electron chi connectivity index (χ3n) is 5.21. The van der Waals surface area contributed by atoms with Crippen molar-refractivity contribution in [3.05, 3.63) is 34.8 Å². The SMILES string of the molecule is CCCCc1nnc(NC(=O)c2ccc(NC(=O)C3CC(=O)N(CCCC)C3)cc2)s1. The fraction of sp³-hybridized carbons (Fsp3) is 0.500. The van der Waals surface area contributed by atoms with Crippen molar-refractivity contribution >= 4 is 39.9 Å². The minimum Gasteiger partial charge on any atom is -0.342 e. The predicted molar refractivity (Wildman–Crippen MR) is 121 cm³/mol. The van der Waals surface area contributed by atoms with Crippen LogP contribution >= 0.6 is 11.3 Å². The van der Waals surface area contributed by atoms with Crippen molar-refractivity contribution in [2.24, 2.45) is 5.92 Å². The quantitative estimate of drug-likeness (QED) is 0.582. The Morgan fingerprint density at radius 1 is 1.10 bits per heavy atom. The third-order valence-corrected chi connectivity index (χ3v) is 6.11. The molecule has 0 radical (unpaired) electrons. The number of nitrogens with one attached hydrogen (secondary N) is 2. The van der Waals surface area contributed by atoms with E-state index in [0.29, 0.717) is 29.5 Å². The molecule has 1 atom stereocenters. The zero-order valence-corrected chi connectivity index (χ0v) is 18.8. The Balaban J connectivity index is 1.51. The van der Waals surface area contributed by atoms with E-state index >= 15 is 0 Å². The third kappa shape index (κ3) is 6.33. The largest absolute Gasteiger partial charge is 0.342 e. The second-order valence-electron chi connectivity index (χ2n) is 7.72. The second-order valence-corrected chi connectivity index (χ2v) is 8.78. The van der Waals surface area contributed by atoms with E-state index in [1.54, 1.807) is 29.2 Å². The summed E-state index contributed by atoms with van der Waals surface area (Å²) in [5.74, 6) is -0.746. The average Bonchev–Trinajstić information content (AvgIpc) is 3.37. The van der Waals surface area contributed by atoms with E-state index in [-0.39, 0.29) is 30.1 Å². The van der Waals surface area contributed by atoms with E-state index in [9.17, 15) is 14.4 Å². The minimum atomic E-state index is -0.341. The number of carbonyl (C=O) groups excluding carboxylic acids is 3. The van der Waals surface area contributed by atoms with Gasteiger partial charge in [-0.3, -0.25) is 19.7 Å². The molecule has 0 aliphatic carbocycles. The molecule has 166 valence electrons. The number of hydrogen-bond donors (Lipinski definition) is 2. The molecule has 0 bridgehead atoms. The van der Waals surface area contributed by atoms with Gasteiger partial charge in [-0.05, 0) is 37.1 Å². The molecule has 31 heavy (non-hydrogen) atoms. The van der Waals surface area contributed by atoms with Crippen LogP contribution in [0.2, 0.25) is 0 Å². The Kier molecular flexibility index (Phi) is 8.11. The molecule has 2 heterocycles. The van der Waals surface area contributed by atoms with Crippen LogP contribution in [0.15, 0.2) is 24.3 Å². The maximum absolute atomic E-state index is 12.5. The summed E-state index contributed by atoms with van der Waals surface area (Å²) in [6.07, 6.45) is 5.19. The second kappa shape index (κ2) is 11.0. The van der Waals surface area contributed by atoms with Crippen molar-refractivity contribution in [2.75, 3.05) is 23.7 Å². The standard InChI is InChI=1S/C22H29N5O3S/c1-3-5-7-18-25-26-22(31-18)24-20(29)15-8-10-17(11-9-15)23-21(30)16-13-19(28)27(14-16)12-6-4-2/h8-11,16H,3-7,12-14H2,1-2H3,(H,23,30)(H,24,26,29). The van der Waals surface area contributed by atoms with Crippen molar-refractivity contribution < 1.29 is 14.4 Å². The number of benzene rings is 1. The summed E-state index contributed by atoms with van der Waals surface area (Å²) in [4.78, 5) is 38.8. The molecular weight excluding hydrogens is 414 g/mol. The van der Waals surface area contributed by atoms with Gasteiger partial charge in [0.2, 0.25) is 16.9 Å². The lowest BCUT2D eigenvalue weighted by Gasteiger charge is -2.16. The number of hydrogen-bond acceptors (Lipinski definition) is 6. The summed E-state index contributed by atoms with van der Waals surface area (Å²) in [6.45, 7) is 5.36. The molecular formula is C22H29N5O3S. The lowest BCUT2D eigenvalue weighted by molar-refractivity contribution is -0.128. The number of nitrogens with zero attached hydrogens (tertiary/aromatic N) is 3. The normalized spacial score (nSPS) is 15.9. The monoisotopic (exact) mass is 443 g/mol. The van der Waals surface area contributed by atoms with Crippen molar-refractivity contribution in [3.63, 3.8) is 0 Å². The van der Waals surface area contributed by atoms with Gasteiger partial charge in [0.05, 0.1) is 5.92 Å². The first-order chi connectivity index (χ1) is 15.0. The van der Waals surface area contributed by atoms with E-state index in [0.717, 1.165) is 37.1 Å². The van der Waals surface area contributed by atoms with Gasteiger partial charge in [-0.15, -0.1) is 10.2 Å². The van der Waals surface area contributed by atoms with Gasteiger partial charge in [-0.2, -0.15) is 0 Å². The Morgan fingerprint density at radius 3 is 2.55 bits per heavy atom. The fourth-order valence-electron chi connectivity index (χ4n) is 3.36. The first-order valence-corrected chi connectivity index (χ1v) is 11.6. The molecule has 1 aromatic carbocycles. The summed E-state index contributed by atoms with van der Waals surface area (Å²) in [6, 6.07) is 6.67. The Morgan fingerprint density at radius 2 is 1.84 bits per heavy atom. The molecule has 0 spiro atoms. The molecule has 1 aromatic heterocycles. The highest BCUT2D eigenvalue weighted by Crippen LogP contribution is 2.21. The molecule has 9 heteroatoms. The van der Waals surface area contributed by atoms with E-state index in [1.807, 2.05) is 0 Å². The highest BCUT2D eigenvalue weighted by molar-refractivity contribution is 7.15. The van der Waals surface area contributed by atoms with Crippen molar-refractivity contribution in [1.82, 2.24) is 15.1 Å². The lowest BCUT2D eigenvalue weighted by Crippen LogP contribution is -2.29. The van der Waals surface area contributed by atoms with Crippen molar-refractivity contribution in [1.29, 1.82) is 0 Å². The smallest absolute Gasteiger partial charge is 0.257 e. The molecule has 1 unspecified atom stereocenters. The number of amides is 3. The fourth-order valence-corrected chi connectivity index (χ4v) is 4.14. The summed E-state index contributed by atoms with van der Waals surface area (Å²) in [7, 11) is 0. The van der Waals surface area contributed by atoms with Crippen LogP contribution in [-0.2, 0) is 16.0 Å². The summed E-state index contributed by atoms with van der Waals surface area (Å²) in [5, 5.41) is 15.1. The van der Waals surface area contributed by atoms with Gasteiger partial charge >= 0.3 is 0 Å². The highest BCUT2D eigenvalue weighted by atomic mass is 32.1. The van der Waals surface area contributed by atoms with Gasteiger partial charge in [0.1, 0.15) is 5.01 Å². The lowest BCUT2D eigenvalue weighted by atomic mass is 10.1. The van der Waals surface area contributed by atoms with Gasteiger partial charge in [-0.25, -0.2) is 0 Å². The van der Waals surface area contributed by atoms with Crippen molar-refractivity contribution in [2.45, 2.75) is 52.4 Å². The molecule has 8 nitrogen and oxygen atoms in total. The van der Waals surface area contributed by atoms with Crippen LogP contribution in [-0.4, -0.2) is 45.9 Å². The molecule has 3 rings (SSSR count). The van der Waals surface area contributed by atoms with Gasteiger partial charge in [0, 0.05) is 37.2 Å². The molecule has 1 fully saturated rings. The maximum Gasteiger partial charge on any atom is 0.257 e. The van der Waals surface area contributed by atoms with Crippen LogP contribution in [0.5, 0.6) is 0 Å². The van der Waals surface area contributed by atoms with Crippen molar-refractivity contribution in [3.8, 4) is 0 Å². The van der Waals surface area contributed by atoms with Gasteiger partial charge in [0.25, 0.3) is 5.91 Å². The number of carbonyl (C=O) groups is 3. The zero-order chi connectivity index (χ0) is 22.2. The number of rotatable bonds is 10. The summed E-state index contributed by atoms with van der Waals surface area (Å²) < 4.78 is 0. The number of anilines is 2. The van der Waals surface area contributed by atoms with Crippen LogP contribution in [0.3, 0.4) is 0 Å². The number of aryl methyl sites for hydroxylation is 1. The number of likely N-dealkylation sites (tertiary alicyclic amines) is 1. The Bertz CT molecular complexity index is 912. The van der Waals surface area contributed by atoms with E-state index < -0.39 is 0 Å². The molecule has 1 aliphatic heterocycles. The van der Waals surface area contributed by atoms with E-state index in [2.05, 4.69) is 34.7 Å². The first kappa shape index (κ1) is 22.9. The minimum absolute atomic E-state index is 0.0372. The highest BCUT2D eigenvalue weighted by Gasteiger charge is 2.33. The van der Waals surface area contributed by atoms with Crippen LogP contribution in [0.25, 0.3) is 0 Å². The number of unbranched alkanes of at least 4 members (excludes halogenated alkanes) is 2. The zero-order valence-electron chi connectivity index (χ0n) is 18.0. The van der Waals surface area contributed by atoms with Crippen LogP contribution < -0.4 is 10.6 Å². The van der Waals surface area contributed by atoms with E-state index in [4.69, 9.17) is 0 Å². The van der Waals surface area contributed by atoms with E-state index in [1.165, 1.54) is 11.3 Å². The average molecular weight is 444 g/mol. The van der Waals surface area contributed by atoms with Crippen LogP contribution in [0.1, 0.15) is 61.3 Å². The summed E-state index contributed by atoms with van der Waals surface area (Å²) >= 11 is 1.38. The molecule has 3 amide bonds. The molecule has 1 saturated heterocycles. The molecule has 2 N–H and O–H groups in total. The topological polar surface area (TPSA) is 104 Å². The van der Waals surface area contributed by atoms with Crippen LogP contribution in [0, 0.1) is 5.92 Å². The van der Waals surface area contributed by atoms with Crippen LogP contribution in [0.4, 0.5) is 10.8 Å². The molecule has 1 aliphatic rings. The number of aromatic nitrogens is 2. The predicted octanol–water partition coefficient (Wildman–Crippen LogP) is 3.72. The Labute approximate surface area is 186 Å². The Hall–Kier alpha value is -2.81. The summed E-state index contributed by atoms with van der Waals surface area (Å²) in [5.41, 5.74) is 1.06. The molecule has 0 saturated carbocycles. The molecule has 2 aromatic rings.